The SMILES string of the molecule is CC(C)CN1CCC(CC(=O)O)C(Cc2nc3ccc(F)cc3[nH]2)C1. The molecule has 0 radical (unpaired) electrons. The Hall–Kier alpha value is -1.95. The second kappa shape index (κ2) is 7.52. The van der Waals surface area contributed by atoms with Crippen molar-refractivity contribution in [3.63, 3.8) is 0 Å². The highest BCUT2D eigenvalue weighted by atomic mass is 19.1. The average molecular weight is 347 g/mol. The molecule has 0 spiro atoms. The van der Waals surface area contributed by atoms with E-state index in [1.54, 1.807) is 6.07 Å². The highest BCUT2D eigenvalue weighted by Crippen LogP contribution is 2.30. The molecule has 0 aliphatic carbocycles. The van der Waals surface area contributed by atoms with E-state index < -0.39 is 5.97 Å². The summed E-state index contributed by atoms with van der Waals surface area (Å²) in [6.45, 7) is 7.28. The molecule has 3 rings (SSSR count). The van der Waals surface area contributed by atoms with Gasteiger partial charge in [-0.25, -0.2) is 9.37 Å². The number of fused-ring (bicyclic) bond motifs is 1. The number of rotatable bonds is 6. The number of carbonyl (C=O) groups is 1. The molecule has 6 heteroatoms. The Morgan fingerprint density at radius 2 is 2.24 bits per heavy atom. The summed E-state index contributed by atoms with van der Waals surface area (Å²) in [4.78, 5) is 21.4. The summed E-state index contributed by atoms with van der Waals surface area (Å²) < 4.78 is 13.4. The monoisotopic (exact) mass is 347 g/mol. The third kappa shape index (κ3) is 4.57. The largest absolute Gasteiger partial charge is 0.481 e. The Bertz CT molecular complexity index is 743. The predicted molar refractivity (Wildman–Crippen MR) is 94.9 cm³/mol. The van der Waals surface area contributed by atoms with Crippen LogP contribution in [0.2, 0.25) is 0 Å². The lowest BCUT2D eigenvalue weighted by Gasteiger charge is -2.38. The Labute approximate surface area is 147 Å². The molecule has 1 fully saturated rings. The second-order valence-electron chi connectivity index (χ2n) is 7.61. The van der Waals surface area contributed by atoms with Crippen molar-refractivity contribution in [1.29, 1.82) is 0 Å². The summed E-state index contributed by atoms with van der Waals surface area (Å²) >= 11 is 0. The maximum atomic E-state index is 13.4. The van der Waals surface area contributed by atoms with Crippen LogP contribution < -0.4 is 0 Å². The molecular weight excluding hydrogens is 321 g/mol. The summed E-state index contributed by atoms with van der Waals surface area (Å²) in [5, 5.41) is 9.23. The number of nitrogens with one attached hydrogen (secondary N) is 1. The van der Waals surface area contributed by atoms with Gasteiger partial charge in [0.2, 0.25) is 0 Å². The zero-order valence-corrected chi connectivity index (χ0v) is 14.8. The van der Waals surface area contributed by atoms with Crippen LogP contribution in [0.3, 0.4) is 0 Å². The molecule has 0 bridgehead atoms. The molecule has 1 saturated heterocycles. The van der Waals surface area contributed by atoms with Crippen molar-refractivity contribution in [3.8, 4) is 0 Å². The molecule has 1 aromatic heterocycles. The minimum Gasteiger partial charge on any atom is -0.481 e. The van der Waals surface area contributed by atoms with Crippen molar-refractivity contribution in [2.45, 2.75) is 33.1 Å². The van der Waals surface area contributed by atoms with Gasteiger partial charge in [-0.05, 0) is 48.9 Å². The van der Waals surface area contributed by atoms with Gasteiger partial charge in [0.1, 0.15) is 11.6 Å². The number of hydrogen-bond acceptors (Lipinski definition) is 3. The first kappa shape index (κ1) is 17.9. The van der Waals surface area contributed by atoms with E-state index in [-0.39, 0.29) is 24.1 Å². The number of piperidine rings is 1. The number of imidazole rings is 1. The molecule has 25 heavy (non-hydrogen) atoms. The highest BCUT2D eigenvalue weighted by molar-refractivity contribution is 5.74. The van der Waals surface area contributed by atoms with Crippen molar-refractivity contribution in [3.05, 3.63) is 29.8 Å². The number of H-pyrrole nitrogens is 1. The second-order valence-corrected chi connectivity index (χ2v) is 7.61. The summed E-state index contributed by atoms with van der Waals surface area (Å²) in [6, 6.07) is 4.53. The van der Waals surface area contributed by atoms with Gasteiger partial charge in [0.25, 0.3) is 0 Å². The Balaban J connectivity index is 1.76. The van der Waals surface area contributed by atoms with Crippen LogP contribution in [0.4, 0.5) is 4.39 Å². The maximum Gasteiger partial charge on any atom is 0.303 e. The van der Waals surface area contributed by atoms with E-state index in [0.29, 0.717) is 17.9 Å². The van der Waals surface area contributed by atoms with Crippen molar-refractivity contribution in [2.75, 3.05) is 19.6 Å². The quantitative estimate of drug-likeness (QED) is 0.841. The van der Waals surface area contributed by atoms with E-state index in [1.807, 2.05) is 0 Å². The molecule has 2 heterocycles. The van der Waals surface area contributed by atoms with Gasteiger partial charge in [0.15, 0.2) is 0 Å². The summed E-state index contributed by atoms with van der Waals surface area (Å²) in [5.74, 6) is 0.782. The fourth-order valence-corrected chi connectivity index (χ4v) is 3.94. The summed E-state index contributed by atoms with van der Waals surface area (Å²) in [7, 11) is 0. The molecule has 1 aliphatic rings. The Morgan fingerprint density at radius 1 is 1.44 bits per heavy atom. The molecule has 5 nitrogen and oxygen atoms in total. The van der Waals surface area contributed by atoms with E-state index in [9.17, 15) is 14.3 Å². The molecule has 2 unspecified atom stereocenters. The number of carboxylic acid groups (broad SMARTS) is 1. The van der Waals surface area contributed by atoms with Gasteiger partial charge in [-0.2, -0.15) is 0 Å². The number of nitrogens with zero attached hydrogens (tertiary/aromatic N) is 2. The first-order valence-corrected chi connectivity index (χ1v) is 8.99. The zero-order valence-electron chi connectivity index (χ0n) is 14.8. The highest BCUT2D eigenvalue weighted by Gasteiger charge is 2.31. The molecule has 2 atom stereocenters. The minimum atomic E-state index is -0.737. The number of likely N-dealkylation sites (tertiary alicyclic amines) is 1. The average Bonchev–Trinajstić information content (AvgIpc) is 2.90. The standard InChI is InChI=1S/C19H26FN3O2/c1-12(2)10-23-6-5-13(8-19(24)25)14(11-23)7-18-21-16-4-3-15(20)9-17(16)22-18/h3-4,9,12-14H,5-8,10-11H2,1-2H3,(H,21,22)(H,24,25). The van der Waals surface area contributed by atoms with Gasteiger partial charge in [-0.3, -0.25) is 4.79 Å². The number of halogens is 1. The molecule has 136 valence electrons. The van der Waals surface area contributed by atoms with Crippen LogP contribution in [0.25, 0.3) is 11.0 Å². The van der Waals surface area contributed by atoms with Gasteiger partial charge >= 0.3 is 5.97 Å². The molecular formula is C19H26FN3O2. The normalized spacial score (nSPS) is 21.9. The molecule has 2 N–H and O–H groups in total. The lowest BCUT2D eigenvalue weighted by molar-refractivity contribution is -0.139. The first-order valence-electron chi connectivity index (χ1n) is 8.99. The summed E-state index contributed by atoms with van der Waals surface area (Å²) in [6.07, 6.45) is 1.80. The van der Waals surface area contributed by atoms with Crippen molar-refractivity contribution in [1.82, 2.24) is 14.9 Å². The molecule has 0 amide bonds. The van der Waals surface area contributed by atoms with Gasteiger partial charge in [0.05, 0.1) is 11.0 Å². The number of hydrogen-bond donors (Lipinski definition) is 2. The van der Waals surface area contributed by atoms with Crippen LogP contribution in [-0.4, -0.2) is 45.6 Å². The topological polar surface area (TPSA) is 69.2 Å². The van der Waals surface area contributed by atoms with Gasteiger partial charge in [-0.1, -0.05) is 13.8 Å². The van der Waals surface area contributed by atoms with Crippen molar-refractivity contribution >= 4 is 17.0 Å². The predicted octanol–water partition coefficient (Wildman–Crippen LogP) is 3.31. The van der Waals surface area contributed by atoms with Crippen LogP contribution >= 0.6 is 0 Å². The third-order valence-corrected chi connectivity index (χ3v) is 4.98. The number of carboxylic acids is 1. The van der Waals surface area contributed by atoms with Crippen LogP contribution in [0, 0.1) is 23.6 Å². The van der Waals surface area contributed by atoms with Gasteiger partial charge in [0, 0.05) is 25.9 Å². The number of aromatic amines is 1. The first-order chi connectivity index (χ1) is 11.9. The van der Waals surface area contributed by atoms with E-state index in [1.165, 1.54) is 12.1 Å². The molecule has 2 aromatic rings. The van der Waals surface area contributed by atoms with E-state index in [4.69, 9.17) is 0 Å². The zero-order chi connectivity index (χ0) is 18.0. The molecule has 0 saturated carbocycles. The van der Waals surface area contributed by atoms with Crippen LogP contribution in [0.5, 0.6) is 0 Å². The number of aliphatic carboxylic acids is 1. The van der Waals surface area contributed by atoms with Gasteiger partial charge in [-0.15, -0.1) is 0 Å². The van der Waals surface area contributed by atoms with E-state index in [0.717, 1.165) is 37.4 Å². The van der Waals surface area contributed by atoms with Crippen LogP contribution in [0.1, 0.15) is 32.5 Å². The van der Waals surface area contributed by atoms with Crippen LogP contribution in [-0.2, 0) is 11.2 Å². The maximum absolute atomic E-state index is 13.4. The van der Waals surface area contributed by atoms with Crippen molar-refractivity contribution < 1.29 is 14.3 Å². The lowest BCUT2D eigenvalue weighted by atomic mass is 9.81. The fraction of sp³-hybridized carbons (Fsp3) is 0.579. The molecule has 1 aromatic carbocycles. The smallest absolute Gasteiger partial charge is 0.303 e. The number of aromatic nitrogens is 2. The van der Waals surface area contributed by atoms with E-state index >= 15 is 0 Å². The minimum absolute atomic E-state index is 0.158. The van der Waals surface area contributed by atoms with E-state index in [2.05, 4.69) is 28.7 Å². The lowest BCUT2D eigenvalue weighted by Crippen LogP contribution is -2.43. The third-order valence-electron chi connectivity index (χ3n) is 4.98. The van der Waals surface area contributed by atoms with Crippen molar-refractivity contribution in [2.24, 2.45) is 17.8 Å². The Morgan fingerprint density at radius 3 is 2.96 bits per heavy atom. The Kier molecular flexibility index (Phi) is 5.37. The van der Waals surface area contributed by atoms with Gasteiger partial charge < -0.3 is 15.0 Å². The van der Waals surface area contributed by atoms with Crippen LogP contribution in [0.15, 0.2) is 18.2 Å². The molecule has 1 aliphatic heterocycles. The number of benzene rings is 1. The fourth-order valence-electron chi connectivity index (χ4n) is 3.94. The summed E-state index contributed by atoms with van der Waals surface area (Å²) in [5.41, 5.74) is 1.45.